The molecule has 0 atom stereocenters. The summed E-state index contributed by atoms with van der Waals surface area (Å²) in [4.78, 5) is 20.9. The van der Waals surface area contributed by atoms with E-state index in [1.54, 1.807) is 35.1 Å². The van der Waals surface area contributed by atoms with Gasteiger partial charge in [0.25, 0.3) is 0 Å². The van der Waals surface area contributed by atoms with Crippen molar-refractivity contribution in [2.75, 3.05) is 0 Å². The molecule has 156 valence electrons. The summed E-state index contributed by atoms with van der Waals surface area (Å²) in [6, 6.07) is 5.87. The van der Waals surface area contributed by atoms with Crippen molar-refractivity contribution in [2.24, 2.45) is 12.1 Å². The first-order valence-electron chi connectivity index (χ1n) is 9.64. The Kier molecular flexibility index (Phi) is 5.08. The van der Waals surface area contributed by atoms with Crippen LogP contribution in [0.2, 0.25) is 0 Å². The molecule has 0 saturated heterocycles. The first kappa shape index (κ1) is 19.6. The minimum atomic E-state index is 0.365. The number of fused-ring (bicyclic) bond motifs is 2. The normalized spacial score (nSPS) is 11.8. The summed E-state index contributed by atoms with van der Waals surface area (Å²) in [7, 11) is 2.00. The molecule has 1 amide bonds. The molecule has 0 spiro atoms. The van der Waals surface area contributed by atoms with Crippen LogP contribution in [0.4, 0.5) is 0 Å². The van der Waals surface area contributed by atoms with Gasteiger partial charge in [0.05, 0.1) is 40.6 Å². The van der Waals surface area contributed by atoms with E-state index in [-0.39, 0.29) is 0 Å². The molecule has 4 heterocycles. The second-order valence-corrected chi connectivity index (χ2v) is 9.18. The zero-order valence-electron chi connectivity index (χ0n) is 16.9. The first-order chi connectivity index (χ1) is 15.1. The van der Waals surface area contributed by atoms with E-state index < -0.39 is 0 Å². The highest BCUT2D eigenvalue weighted by Crippen LogP contribution is 2.30. The second kappa shape index (κ2) is 8.05. The third-order valence-corrected chi connectivity index (χ3v) is 7.12. The third-order valence-electron chi connectivity index (χ3n) is 5.26. The standard InChI is InChI=1S/C21H19N7OS2/c1-13-15(20-21(27(13)2)25-19(31-20)8-18-22-6-7-30-18)10-24-28(12-29)11-14-4-3-5-17-16(14)9-23-26-17/h3-7,9-10,12H,8,11H2,1-2H3,(H,23,26)/b24-10-. The summed E-state index contributed by atoms with van der Waals surface area (Å²) in [5.74, 6) is 0. The van der Waals surface area contributed by atoms with Gasteiger partial charge in [-0.2, -0.15) is 10.2 Å². The largest absolute Gasteiger partial charge is 0.332 e. The lowest BCUT2D eigenvalue weighted by Gasteiger charge is -2.11. The Bertz CT molecular complexity index is 1390. The third kappa shape index (κ3) is 3.64. The monoisotopic (exact) mass is 449 g/mol. The van der Waals surface area contributed by atoms with Gasteiger partial charge in [-0.25, -0.2) is 15.0 Å². The Hall–Kier alpha value is -3.37. The van der Waals surface area contributed by atoms with Crippen molar-refractivity contribution >= 4 is 56.5 Å². The van der Waals surface area contributed by atoms with Crippen LogP contribution in [0.15, 0.2) is 41.1 Å². The van der Waals surface area contributed by atoms with Crippen LogP contribution in [0.1, 0.15) is 26.8 Å². The maximum absolute atomic E-state index is 11.7. The van der Waals surface area contributed by atoms with Gasteiger partial charge in [0, 0.05) is 35.3 Å². The summed E-state index contributed by atoms with van der Waals surface area (Å²) < 4.78 is 3.13. The molecule has 1 N–H and O–H groups in total. The number of H-pyrrole nitrogens is 1. The van der Waals surface area contributed by atoms with Crippen molar-refractivity contribution < 1.29 is 4.79 Å². The van der Waals surface area contributed by atoms with Gasteiger partial charge < -0.3 is 4.57 Å². The number of thiazole rings is 2. The number of carbonyl (C=O) groups is 1. The summed E-state index contributed by atoms with van der Waals surface area (Å²) in [5.41, 5.74) is 4.88. The fourth-order valence-corrected chi connectivity index (χ4v) is 5.41. The van der Waals surface area contributed by atoms with Crippen LogP contribution in [-0.2, 0) is 24.8 Å². The van der Waals surface area contributed by atoms with E-state index in [0.29, 0.717) is 6.54 Å². The van der Waals surface area contributed by atoms with Crippen molar-refractivity contribution in [3.63, 3.8) is 0 Å². The van der Waals surface area contributed by atoms with Crippen molar-refractivity contribution in [1.82, 2.24) is 29.7 Å². The zero-order chi connectivity index (χ0) is 21.4. The molecule has 0 radical (unpaired) electrons. The van der Waals surface area contributed by atoms with Crippen LogP contribution < -0.4 is 0 Å². The number of hydrogen-bond donors (Lipinski definition) is 1. The highest BCUT2D eigenvalue weighted by Gasteiger charge is 2.17. The number of amides is 1. The summed E-state index contributed by atoms with van der Waals surface area (Å²) in [6.45, 7) is 2.40. The minimum absolute atomic E-state index is 0.365. The number of hydrogen-bond acceptors (Lipinski definition) is 7. The molecule has 0 aliphatic rings. The van der Waals surface area contributed by atoms with Crippen LogP contribution in [0.5, 0.6) is 0 Å². The molecular formula is C21H19N7OS2. The maximum Gasteiger partial charge on any atom is 0.230 e. The molecule has 8 nitrogen and oxygen atoms in total. The molecule has 0 fully saturated rings. The topological polar surface area (TPSA) is 92.1 Å². The Labute approximate surface area is 185 Å². The predicted octanol–water partition coefficient (Wildman–Crippen LogP) is 3.86. The molecule has 0 aliphatic heterocycles. The molecule has 0 saturated carbocycles. The fourth-order valence-electron chi connectivity index (χ4n) is 3.54. The van der Waals surface area contributed by atoms with E-state index in [9.17, 15) is 4.79 Å². The SMILES string of the molecule is Cc1c(/C=N\N(C=O)Cc2cccc3[nH]ncc23)c2sc(Cc3nccs3)nc2n1C. The van der Waals surface area contributed by atoms with Gasteiger partial charge in [-0.3, -0.25) is 9.89 Å². The molecule has 5 aromatic rings. The van der Waals surface area contributed by atoms with Crippen molar-refractivity contribution in [3.8, 4) is 0 Å². The molecule has 1 aromatic carbocycles. The van der Waals surface area contributed by atoms with E-state index in [0.717, 1.165) is 60.9 Å². The lowest BCUT2D eigenvalue weighted by atomic mass is 10.1. The summed E-state index contributed by atoms with van der Waals surface area (Å²) >= 11 is 3.28. The molecular weight excluding hydrogens is 430 g/mol. The van der Waals surface area contributed by atoms with E-state index in [1.807, 2.05) is 43.7 Å². The molecule has 31 heavy (non-hydrogen) atoms. The number of carbonyl (C=O) groups excluding carboxylic acids is 1. The lowest BCUT2D eigenvalue weighted by molar-refractivity contribution is -0.118. The number of aromatic nitrogens is 5. The number of nitrogens with zero attached hydrogens (tertiary/aromatic N) is 6. The number of aryl methyl sites for hydroxylation is 1. The van der Waals surface area contributed by atoms with Crippen molar-refractivity contribution in [3.05, 3.63) is 62.8 Å². The van der Waals surface area contributed by atoms with E-state index in [2.05, 4.69) is 24.8 Å². The summed E-state index contributed by atoms with van der Waals surface area (Å²) in [6.07, 6.45) is 6.80. The highest BCUT2D eigenvalue weighted by atomic mass is 32.1. The lowest BCUT2D eigenvalue weighted by Crippen LogP contribution is -2.15. The van der Waals surface area contributed by atoms with Gasteiger partial charge >= 0.3 is 0 Å². The van der Waals surface area contributed by atoms with E-state index in [1.165, 1.54) is 5.01 Å². The smallest absolute Gasteiger partial charge is 0.230 e. The highest BCUT2D eigenvalue weighted by molar-refractivity contribution is 7.19. The van der Waals surface area contributed by atoms with Gasteiger partial charge in [0.15, 0.2) is 5.65 Å². The molecule has 0 aliphatic carbocycles. The Morgan fingerprint density at radius 3 is 3.03 bits per heavy atom. The minimum Gasteiger partial charge on any atom is -0.332 e. The number of hydrazone groups is 1. The fraction of sp³-hybridized carbons (Fsp3) is 0.190. The van der Waals surface area contributed by atoms with Crippen LogP contribution in [0, 0.1) is 6.92 Å². The van der Waals surface area contributed by atoms with Gasteiger partial charge in [-0.05, 0) is 18.6 Å². The van der Waals surface area contributed by atoms with Crippen LogP contribution in [-0.4, -0.2) is 42.4 Å². The Morgan fingerprint density at radius 2 is 2.23 bits per heavy atom. The molecule has 0 bridgehead atoms. The van der Waals surface area contributed by atoms with Gasteiger partial charge in [0.1, 0.15) is 5.01 Å². The summed E-state index contributed by atoms with van der Waals surface area (Å²) in [5, 5.41) is 17.9. The van der Waals surface area contributed by atoms with Crippen LogP contribution in [0.3, 0.4) is 0 Å². The zero-order valence-corrected chi connectivity index (χ0v) is 18.6. The average Bonchev–Trinajstić information content (AvgIpc) is 3.55. The molecule has 10 heteroatoms. The number of benzene rings is 1. The number of nitrogens with one attached hydrogen (secondary N) is 1. The van der Waals surface area contributed by atoms with E-state index in [4.69, 9.17) is 4.98 Å². The van der Waals surface area contributed by atoms with Crippen LogP contribution in [0.25, 0.3) is 21.3 Å². The first-order valence-corrected chi connectivity index (χ1v) is 11.3. The van der Waals surface area contributed by atoms with Gasteiger partial charge in [-0.1, -0.05) is 12.1 Å². The Morgan fingerprint density at radius 1 is 1.32 bits per heavy atom. The van der Waals surface area contributed by atoms with Gasteiger partial charge in [-0.15, -0.1) is 22.7 Å². The van der Waals surface area contributed by atoms with E-state index >= 15 is 0 Å². The van der Waals surface area contributed by atoms with Crippen LogP contribution >= 0.6 is 22.7 Å². The number of aromatic amines is 1. The predicted molar refractivity (Wildman–Crippen MR) is 124 cm³/mol. The van der Waals surface area contributed by atoms with Crippen molar-refractivity contribution in [2.45, 2.75) is 19.9 Å². The number of rotatable bonds is 7. The second-order valence-electron chi connectivity index (χ2n) is 7.12. The van der Waals surface area contributed by atoms with Crippen molar-refractivity contribution in [1.29, 1.82) is 0 Å². The average molecular weight is 450 g/mol. The maximum atomic E-state index is 11.7. The Balaban J connectivity index is 1.44. The van der Waals surface area contributed by atoms with Gasteiger partial charge in [0.2, 0.25) is 6.41 Å². The quantitative estimate of drug-likeness (QED) is 0.232. The molecule has 4 aromatic heterocycles. The molecule has 5 rings (SSSR count). The molecule has 0 unspecified atom stereocenters.